The second kappa shape index (κ2) is 5.15. The van der Waals surface area contributed by atoms with Crippen LogP contribution in [-0.4, -0.2) is 10.4 Å². The zero-order chi connectivity index (χ0) is 14.9. The predicted molar refractivity (Wildman–Crippen MR) is 87.8 cm³/mol. The Labute approximate surface area is 129 Å². The first-order chi connectivity index (χ1) is 10.8. The van der Waals surface area contributed by atoms with Gasteiger partial charge in [0.2, 0.25) is 5.78 Å². The summed E-state index contributed by atoms with van der Waals surface area (Å²) in [6.45, 7) is 0. The van der Waals surface area contributed by atoms with Crippen LogP contribution in [-0.2, 0) is 0 Å². The smallest absolute Gasteiger partial charge is 0.207 e. The van der Waals surface area contributed by atoms with Crippen molar-refractivity contribution in [2.45, 2.75) is 6.04 Å². The van der Waals surface area contributed by atoms with Gasteiger partial charge in [-0.25, -0.2) is 0 Å². The van der Waals surface area contributed by atoms with Gasteiger partial charge in [0.1, 0.15) is 0 Å². The molecule has 0 N–H and O–H groups in total. The maximum atomic E-state index is 12.8. The molecule has 2 aromatic carbocycles. The van der Waals surface area contributed by atoms with Crippen LogP contribution in [0.3, 0.4) is 0 Å². The number of carbonyl (C=O) groups is 1. The van der Waals surface area contributed by atoms with Crippen LogP contribution in [0.5, 0.6) is 0 Å². The van der Waals surface area contributed by atoms with Crippen molar-refractivity contribution in [2.75, 3.05) is 0 Å². The van der Waals surface area contributed by atoms with Gasteiger partial charge in [0.05, 0.1) is 11.7 Å². The summed E-state index contributed by atoms with van der Waals surface area (Å²) in [6.07, 6.45) is 3.99. The van der Waals surface area contributed by atoms with Crippen molar-refractivity contribution < 1.29 is 4.79 Å². The molecule has 1 aliphatic heterocycles. The number of hydrogen-bond donors (Lipinski definition) is 0. The molecule has 2 heteroatoms. The molecule has 0 saturated heterocycles. The molecule has 3 aromatic rings. The van der Waals surface area contributed by atoms with E-state index in [2.05, 4.69) is 16.7 Å². The quantitative estimate of drug-likeness (QED) is 0.641. The van der Waals surface area contributed by atoms with E-state index in [1.807, 2.05) is 72.9 Å². The highest BCUT2D eigenvalue weighted by Crippen LogP contribution is 2.37. The van der Waals surface area contributed by atoms with Crippen LogP contribution < -0.4 is 0 Å². The molecule has 0 amide bonds. The minimum absolute atomic E-state index is 0.0427. The molecule has 1 aliphatic rings. The predicted octanol–water partition coefficient (Wildman–Crippen LogP) is 4.36. The van der Waals surface area contributed by atoms with Crippen molar-refractivity contribution >= 4 is 11.9 Å². The summed E-state index contributed by atoms with van der Waals surface area (Å²) in [5.41, 5.74) is 3.77. The van der Waals surface area contributed by atoms with Crippen LogP contribution in [0.2, 0.25) is 0 Å². The Kier molecular flexibility index (Phi) is 3.01. The lowest BCUT2D eigenvalue weighted by Crippen LogP contribution is -2.07. The van der Waals surface area contributed by atoms with Crippen LogP contribution in [0.4, 0.5) is 0 Å². The number of aromatic nitrogens is 1. The minimum atomic E-state index is -0.0427. The third-order valence-electron chi connectivity index (χ3n) is 4.08. The number of nitrogens with zero attached hydrogens (tertiary/aromatic N) is 1. The third-order valence-corrected chi connectivity index (χ3v) is 4.08. The number of rotatable bonds is 2. The van der Waals surface area contributed by atoms with Crippen LogP contribution in [0.1, 0.15) is 27.7 Å². The highest BCUT2D eigenvalue weighted by Gasteiger charge is 2.34. The zero-order valence-corrected chi connectivity index (χ0v) is 12.0. The van der Waals surface area contributed by atoms with Gasteiger partial charge in [-0.15, -0.1) is 0 Å². The van der Waals surface area contributed by atoms with Gasteiger partial charge in [0.15, 0.2) is 0 Å². The second-order valence-electron chi connectivity index (χ2n) is 5.45. The van der Waals surface area contributed by atoms with E-state index in [1.165, 1.54) is 0 Å². The Balaban J connectivity index is 1.88. The molecule has 1 aromatic heterocycles. The molecule has 0 fully saturated rings. The lowest BCUT2D eigenvalue weighted by molar-refractivity contribution is 0.103. The molecule has 2 heterocycles. The van der Waals surface area contributed by atoms with Gasteiger partial charge >= 0.3 is 0 Å². The summed E-state index contributed by atoms with van der Waals surface area (Å²) < 4.78 is 2.06. The summed E-state index contributed by atoms with van der Waals surface area (Å²) in [5.74, 6) is 0.114. The van der Waals surface area contributed by atoms with Crippen molar-refractivity contribution in [3.63, 3.8) is 0 Å². The lowest BCUT2D eigenvalue weighted by Gasteiger charge is -2.15. The van der Waals surface area contributed by atoms with E-state index in [0.29, 0.717) is 0 Å². The van der Waals surface area contributed by atoms with Crippen LogP contribution in [0.15, 0.2) is 84.6 Å². The molecule has 0 spiro atoms. The van der Waals surface area contributed by atoms with E-state index >= 15 is 0 Å². The zero-order valence-electron chi connectivity index (χ0n) is 12.0. The summed E-state index contributed by atoms with van der Waals surface area (Å²) >= 11 is 0. The number of benzene rings is 2. The summed E-state index contributed by atoms with van der Waals surface area (Å²) in [5, 5.41) is 0. The molecular weight excluding hydrogens is 270 g/mol. The molecule has 1 unspecified atom stereocenters. The van der Waals surface area contributed by atoms with Gasteiger partial charge in [0.25, 0.3) is 0 Å². The summed E-state index contributed by atoms with van der Waals surface area (Å²) in [7, 11) is 0. The Bertz CT molecular complexity index is 844. The normalized spacial score (nSPS) is 18.6. The van der Waals surface area contributed by atoms with E-state index in [0.717, 1.165) is 22.4 Å². The van der Waals surface area contributed by atoms with Crippen molar-refractivity contribution in [1.82, 2.24) is 4.57 Å². The second-order valence-corrected chi connectivity index (χ2v) is 5.45. The molecule has 0 bridgehead atoms. The standard InChI is InChI=1S/C20H15NO/c22-20-17(14-15-8-3-1-4-9-15)19(16-10-5-2-6-11-16)21-13-7-12-18(20)21/h1-14,19H/b17-14+. The van der Waals surface area contributed by atoms with Crippen LogP contribution in [0.25, 0.3) is 6.08 Å². The fourth-order valence-corrected chi connectivity index (χ4v) is 3.08. The number of ketones is 1. The molecule has 0 saturated carbocycles. The molecular formula is C20H15NO. The summed E-state index contributed by atoms with van der Waals surface area (Å²) in [4.78, 5) is 12.8. The summed E-state index contributed by atoms with van der Waals surface area (Å²) in [6, 6.07) is 24.0. The lowest BCUT2D eigenvalue weighted by atomic mass is 9.96. The SMILES string of the molecule is O=C1/C(=C/c2ccccc2)C(c2ccccc2)n2cccc21. The molecule has 22 heavy (non-hydrogen) atoms. The first kappa shape index (κ1) is 12.8. The van der Waals surface area contributed by atoms with Gasteiger partial charge in [0, 0.05) is 11.8 Å². The van der Waals surface area contributed by atoms with Gasteiger partial charge in [-0.2, -0.15) is 0 Å². The largest absolute Gasteiger partial charge is 0.333 e. The molecule has 106 valence electrons. The van der Waals surface area contributed by atoms with Crippen molar-refractivity contribution in [2.24, 2.45) is 0 Å². The van der Waals surface area contributed by atoms with E-state index in [1.54, 1.807) is 0 Å². The molecule has 0 radical (unpaired) electrons. The minimum Gasteiger partial charge on any atom is -0.333 e. The van der Waals surface area contributed by atoms with Crippen molar-refractivity contribution in [3.05, 3.63) is 101 Å². The molecule has 1 atom stereocenters. The van der Waals surface area contributed by atoms with E-state index < -0.39 is 0 Å². The molecule has 2 nitrogen and oxygen atoms in total. The number of allylic oxidation sites excluding steroid dienone is 1. The van der Waals surface area contributed by atoms with E-state index in [-0.39, 0.29) is 11.8 Å². The first-order valence-corrected chi connectivity index (χ1v) is 7.38. The number of fused-ring (bicyclic) bond motifs is 1. The van der Waals surface area contributed by atoms with Gasteiger partial charge in [-0.3, -0.25) is 4.79 Å². The Morgan fingerprint density at radius 3 is 2.23 bits per heavy atom. The van der Waals surface area contributed by atoms with E-state index in [4.69, 9.17) is 0 Å². The van der Waals surface area contributed by atoms with Gasteiger partial charge < -0.3 is 4.57 Å². The highest BCUT2D eigenvalue weighted by molar-refractivity contribution is 6.13. The third kappa shape index (κ3) is 2.01. The fourth-order valence-electron chi connectivity index (χ4n) is 3.08. The number of hydrogen-bond acceptors (Lipinski definition) is 1. The first-order valence-electron chi connectivity index (χ1n) is 7.38. The van der Waals surface area contributed by atoms with Crippen LogP contribution in [0, 0.1) is 0 Å². The Morgan fingerprint density at radius 1 is 0.818 bits per heavy atom. The average molecular weight is 285 g/mol. The van der Waals surface area contributed by atoms with Crippen molar-refractivity contribution in [1.29, 1.82) is 0 Å². The average Bonchev–Trinajstić information content (AvgIpc) is 3.13. The Hall–Kier alpha value is -2.87. The molecule has 0 aliphatic carbocycles. The van der Waals surface area contributed by atoms with E-state index in [9.17, 15) is 4.79 Å². The highest BCUT2D eigenvalue weighted by atomic mass is 16.1. The molecule has 4 rings (SSSR count). The Morgan fingerprint density at radius 2 is 1.50 bits per heavy atom. The fraction of sp³-hybridized carbons (Fsp3) is 0.0500. The van der Waals surface area contributed by atoms with Crippen molar-refractivity contribution in [3.8, 4) is 0 Å². The number of carbonyl (C=O) groups excluding carboxylic acids is 1. The van der Waals surface area contributed by atoms with Gasteiger partial charge in [-0.05, 0) is 29.3 Å². The maximum absolute atomic E-state index is 12.8. The van der Waals surface area contributed by atoms with Gasteiger partial charge in [-0.1, -0.05) is 60.7 Å². The number of Topliss-reactive ketones (excluding diaryl/α,β-unsaturated/α-hetero) is 1. The maximum Gasteiger partial charge on any atom is 0.207 e. The topological polar surface area (TPSA) is 22.0 Å². The monoisotopic (exact) mass is 285 g/mol. The van der Waals surface area contributed by atoms with Crippen LogP contribution >= 0.6 is 0 Å².